The smallest absolute Gasteiger partial charge is 0.380 e. The molecule has 0 amide bonds. The Morgan fingerprint density at radius 1 is 1.02 bits per heavy atom. The number of hydrogen-bond donors (Lipinski definition) is 2. The van der Waals surface area contributed by atoms with Crippen molar-refractivity contribution in [2.75, 3.05) is 18.5 Å². The fraction of sp³-hybridized carbons (Fsp3) is 0.273. The molecule has 2 aromatic heterocycles. The van der Waals surface area contributed by atoms with Crippen LogP contribution in [0.15, 0.2) is 97.3 Å². The molecule has 14 heteroatoms. The van der Waals surface area contributed by atoms with Crippen LogP contribution in [-0.4, -0.2) is 55.6 Å². The molecule has 2 unspecified atom stereocenters. The molecule has 3 heterocycles. The van der Waals surface area contributed by atoms with Crippen LogP contribution in [0, 0.1) is 5.92 Å². The van der Waals surface area contributed by atoms with E-state index in [0.29, 0.717) is 16.9 Å². The molecule has 3 N–H and O–H groups in total. The van der Waals surface area contributed by atoms with Gasteiger partial charge in [0.25, 0.3) is 0 Å². The molecule has 12 nitrogen and oxygen atoms in total. The van der Waals surface area contributed by atoms with Crippen LogP contribution in [0.4, 0.5) is 5.82 Å². The SMILES string of the molecule is Nc1nc(Cl)nc2c1ncn2[C@H]1CC(OP(=O)(C[C@@H](Cc2ccccc2)C(=O)OCc2ccccc2)Oc2ccccc2)[C@@H](CO)O1. The van der Waals surface area contributed by atoms with Crippen LogP contribution < -0.4 is 10.3 Å². The van der Waals surface area contributed by atoms with Gasteiger partial charge in [0.2, 0.25) is 5.28 Å². The number of para-hydroxylation sites is 1. The van der Waals surface area contributed by atoms with E-state index in [-0.39, 0.29) is 36.7 Å². The molecular weight excluding hydrogens is 645 g/mol. The summed E-state index contributed by atoms with van der Waals surface area (Å²) < 4.78 is 40.6. The summed E-state index contributed by atoms with van der Waals surface area (Å²) in [4.78, 5) is 26.1. The monoisotopic (exact) mass is 677 g/mol. The summed E-state index contributed by atoms with van der Waals surface area (Å²) >= 11 is 6.06. The quantitative estimate of drug-likeness (QED) is 0.0906. The van der Waals surface area contributed by atoms with Gasteiger partial charge in [-0.05, 0) is 41.3 Å². The first-order chi connectivity index (χ1) is 22.8. The fourth-order valence-electron chi connectivity index (χ4n) is 5.46. The van der Waals surface area contributed by atoms with Crippen LogP contribution in [-0.2, 0) is 36.4 Å². The first-order valence-electron chi connectivity index (χ1n) is 15.0. The van der Waals surface area contributed by atoms with E-state index in [1.54, 1.807) is 34.9 Å². The fourth-order valence-corrected chi connectivity index (χ4v) is 7.73. The number of aromatic nitrogens is 4. The number of carbonyl (C=O) groups excluding carboxylic acids is 1. The molecular formula is C33H33ClN5O7P. The molecule has 1 aliphatic heterocycles. The summed E-state index contributed by atoms with van der Waals surface area (Å²) in [5, 5.41) is 10.2. The van der Waals surface area contributed by atoms with E-state index in [0.717, 1.165) is 11.1 Å². The number of aliphatic hydroxyl groups excluding tert-OH is 1. The summed E-state index contributed by atoms with van der Waals surface area (Å²) in [6.07, 6.45) is -0.961. The highest BCUT2D eigenvalue weighted by Crippen LogP contribution is 2.54. The standard InChI is InChI=1S/C33H33ClN5O7P/c34-33-37-30(35)29-31(38-33)39(21-36-29)28-17-26(27(18-40)44-28)46-47(42,45-25-14-8-3-9-15-25)20-24(16-22-10-4-1-5-11-22)32(41)43-19-23-12-6-2-7-13-23/h1-15,21,24,26-28,40H,16-20H2,(H2,35,37,38)/t24-,26?,27-,28-,47?/m1/s1. The number of halogens is 1. The molecule has 47 heavy (non-hydrogen) atoms. The van der Waals surface area contributed by atoms with E-state index in [4.69, 9.17) is 35.9 Å². The summed E-state index contributed by atoms with van der Waals surface area (Å²) in [7, 11) is -4.13. The van der Waals surface area contributed by atoms with Crippen molar-refractivity contribution in [3.05, 3.63) is 114 Å². The maximum absolute atomic E-state index is 14.8. The minimum Gasteiger partial charge on any atom is -0.461 e. The normalized spacial score (nSPS) is 19.7. The van der Waals surface area contributed by atoms with Gasteiger partial charge in [0.1, 0.15) is 36.3 Å². The van der Waals surface area contributed by atoms with Gasteiger partial charge in [-0.2, -0.15) is 9.97 Å². The van der Waals surface area contributed by atoms with Gasteiger partial charge in [-0.3, -0.25) is 13.9 Å². The van der Waals surface area contributed by atoms with Crippen LogP contribution in [0.5, 0.6) is 5.75 Å². The average molecular weight is 678 g/mol. The largest absolute Gasteiger partial charge is 0.461 e. The number of nitrogens with zero attached hydrogens (tertiary/aromatic N) is 4. The number of aliphatic hydroxyl groups is 1. The molecule has 6 rings (SSSR count). The second-order valence-corrected chi connectivity index (χ2v) is 13.4. The number of fused-ring (bicyclic) bond motifs is 1. The van der Waals surface area contributed by atoms with E-state index in [2.05, 4.69) is 15.0 Å². The number of nitrogens with two attached hydrogens (primary N) is 1. The summed E-state index contributed by atoms with van der Waals surface area (Å²) in [6.45, 7) is -0.388. The van der Waals surface area contributed by atoms with E-state index in [9.17, 15) is 14.5 Å². The molecule has 3 aromatic carbocycles. The molecule has 0 aliphatic carbocycles. The number of benzene rings is 3. The Labute approximate surface area is 276 Å². The molecule has 1 fully saturated rings. The molecule has 1 aliphatic rings. The van der Waals surface area contributed by atoms with Crippen molar-refractivity contribution in [3.8, 4) is 5.75 Å². The lowest BCUT2D eigenvalue weighted by molar-refractivity contribution is -0.149. The van der Waals surface area contributed by atoms with Gasteiger partial charge in [-0.25, -0.2) is 9.55 Å². The van der Waals surface area contributed by atoms with Crippen molar-refractivity contribution in [3.63, 3.8) is 0 Å². The number of hydrogen-bond acceptors (Lipinski definition) is 11. The summed E-state index contributed by atoms with van der Waals surface area (Å²) in [5.74, 6) is -1.03. The third-order valence-electron chi connectivity index (χ3n) is 7.70. The minimum absolute atomic E-state index is 0.0529. The molecule has 0 saturated carbocycles. The molecule has 0 bridgehead atoms. The van der Waals surface area contributed by atoms with E-state index >= 15 is 0 Å². The Kier molecular flexibility index (Phi) is 10.1. The number of imidazole rings is 1. The van der Waals surface area contributed by atoms with Gasteiger partial charge in [0.15, 0.2) is 11.5 Å². The van der Waals surface area contributed by atoms with E-state index in [1.165, 1.54) is 6.33 Å². The van der Waals surface area contributed by atoms with Crippen LogP contribution in [0.3, 0.4) is 0 Å². The number of nitrogen functional groups attached to an aromatic ring is 1. The molecule has 0 radical (unpaired) electrons. The topological polar surface area (TPSA) is 161 Å². The van der Waals surface area contributed by atoms with Crippen molar-refractivity contribution >= 4 is 42.1 Å². The number of esters is 1. The highest BCUT2D eigenvalue weighted by molar-refractivity contribution is 7.54. The zero-order valence-corrected chi connectivity index (χ0v) is 26.8. The first-order valence-corrected chi connectivity index (χ1v) is 17.1. The lowest BCUT2D eigenvalue weighted by Gasteiger charge is -2.27. The maximum atomic E-state index is 14.8. The predicted octanol–water partition coefficient (Wildman–Crippen LogP) is 5.60. The summed E-state index contributed by atoms with van der Waals surface area (Å²) in [6, 6.07) is 27.3. The Morgan fingerprint density at radius 2 is 1.68 bits per heavy atom. The Morgan fingerprint density at radius 3 is 2.36 bits per heavy atom. The third kappa shape index (κ3) is 7.98. The molecule has 244 valence electrons. The van der Waals surface area contributed by atoms with E-state index < -0.39 is 44.5 Å². The average Bonchev–Trinajstić information content (AvgIpc) is 3.68. The first kappa shape index (κ1) is 32.6. The summed E-state index contributed by atoms with van der Waals surface area (Å²) in [5.41, 5.74) is 8.31. The highest BCUT2D eigenvalue weighted by atomic mass is 35.5. The van der Waals surface area contributed by atoms with Gasteiger partial charge in [-0.1, -0.05) is 78.9 Å². The second-order valence-electron chi connectivity index (χ2n) is 11.1. The lowest BCUT2D eigenvalue weighted by atomic mass is 10.0. The molecule has 5 atom stereocenters. The van der Waals surface area contributed by atoms with Crippen LogP contribution in [0.1, 0.15) is 23.8 Å². The van der Waals surface area contributed by atoms with Crippen molar-refractivity contribution in [2.45, 2.75) is 37.9 Å². The number of carbonyl (C=O) groups is 1. The van der Waals surface area contributed by atoms with E-state index in [1.807, 2.05) is 60.7 Å². The lowest BCUT2D eigenvalue weighted by Crippen LogP contribution is -2.30. The zero-order chi connectivity index (χ0) is 32.8. The van der Waals surface area contributed by atoms with Crippen molar-refractivity contribution in [1.82, 2.24) is 19.5 Å². The third-order valence-corrected chi connectivity index (χ3v) is 9.84. The van der Waals surface area contributed by atoms with Gasteiger partial charge >= 0.3 is 13.6 Å². The number of ether oxygens (including phenoxy) is 2. The predicted molar refractivity (Wildman–Crippen MR) is 175 cm³/mol. The Bertz CT molecular complexity index is 1850. The molecule has 1 saturated heterocycles. The van der Waals surface area contributed by atoms with Crippen LogP contribution >= 0.6 is 19.2 Å². The van der Waals surface area contributed by atoms with Crippen LogP contribution in [0.25, 0.3) is 11.2 Å². The maximum Gasteiger partial charge on any atom is 0.380 e. The second kappa shape index (κ2) is 14.6. The zero-order valence-electron chi connectivity index (χ0n) is 25.2. The Hall–Kier alpha value is -4.32. The molecule has 0 spiro atoms. The van der Waals surface area contributed by atoms with Crippen molar-refractivity contribution < 1.29 is 33.0 Å². The number of anilines is 1. The highest BCUT2D eigenvalue weighted by Gasteiger charge is 2.44. The van der Waals surface area contributed by atoms with Gasteiger partial charge < -0.3 is 24.8 Å². The van der Waals surface area contributed by atoms with Crippen molar-refractivity contribution in [1.29, 1.82) is 0 Å². The van der Waals surface area contributed by atoms with Gasteiger partial charge in [0, 0.05) is 6.42 Å². The number of rotatable bonds is 13. The molecule has 5 aromatic rings. The minimum atomic E-state index is -4.13. The van der Waals surface area contributed by atoms with Gasteiger partial charge in [0.05, 0.1) is 25.0 Å². The van der Waals surface area contributed by atoms with Crippen molar-refractivity contribution in [2.24, 2.45) is 5.92 Å². The van der Waals surface area contributed by atoms with Crippen LogP contribution in [0.2, 0.25) is 5.28 Å². The van der Waals surface area contributed by atoms with Gasteiger partial charge in [-0.15, -0.1) is 0 Å². The Balaban J connectivity index is 1.28.